The van der Waals surface area contributed by atoms with E-state index in [0.29, 0.717) is 5.02 Å². The van der Waals surface area contributed by atoms with Crippen LogP contribution in [0, 0.1) is 0 Å². The molecule has 15 heavy (non-hydrogen) atoms. The fraction of sp³-hybridized carbons (Fsp3) is 0.727. The van der Waals surface area contributed by atoms with Crippen LogP contribution in [0.25, 0.3) is 0 Å². The van der Waals surface area contributed by atoms with Crippen LogP contribution >= 0.6 is 11.6 Å². The Morgan fingerprint density at radius 1 is 1.47 bits per heavy atom. The fourth-order valence-electron chi connectivity index (χ4n) is 2.28. The summed E-state index contributed by atoms with van der Waals surface area (Å²) < 4.78 is 1.90. The zero-order chi connectivity index (χ0) is 10.7. The van der Waals surface area contributed by atoms with Gasteiger partial charge in [0.05, 0.1) is 17.9 Å². The van der Waals surface area contributed by atoms with Gasteiger partial charge in [-0.1, -0.05) is 30.9 Å². The molecule has 3 nitrogen and oxygen atoms in total. The predicted molar refractivity (Wildman–Crippen MR) is 61.9 cm³/mol. The van der Waals surface area contributed by atoms with Crippen molar-refractivity contribution in [1.82, 2.24) is 14.7 Å². The summed E-state index contributed by atoms with van der Waals surface area (Å²) in [5, 5.41) is 4.91. The average molecular weight is 228 g/mol. The third-order valence-electron chi connectivity index (χ3n) is 3.17. The van der Waals surface area contributed by atoms with Crippen LogP contribution in [-0.2, 0) is 6.67 Å². The molecule has 0 unspecified atom stereocenters. The summed E-state index contributed by atoms with van der Waals surface area (Å²) in [5.41, 5.74) is 0. The first-order chi connectivity index (χ1) is 7.25. The Morgan fingerprint density at radius 3 is 2.80 bits per heavy atom. The first kappa shape index (κ1) is 11.0. The first-order valence-corrected chi connectivity index (χ1v) is 6.02. The Hall–Kier alpha value is -0.540. The van der Waals surface area contributed by atoms with Crippen LogP contribution in [0.3, 0.4) is 0 Å². The summed E-state index contributed by atoms with van der Waals surface area (Å²) in [6.45, 7) is 0.845. The van der Waals surface area contributed by atoms with E-state index in [9.17, 15) is 0 Å². The number of rotatable bonds is 3. The minimum atomic E-state index is 0.715. The van der Waals surface area contributed by atoms with E-state index in [1.165, 1.54) is 32.1 Å². The van der Waals surface area contributed by atoms with Crippen LogP contribution in [0.15, 0.2) is 12.4 Å². The molecule has 1 fully saturated rings. The second-order valence-electron chi connectivity index (χ2n) is 4.39. The molecule has 1 heterocycles. The van der Waals surface area contributed by atoms with Gasteiger partial charge in [-0.25, -0.2) is 0 Å². The van der Waals surface area contributed by atoms with Gasteiger partial charge in [-0.05, 0) is 19.9 Å². The summed E-state index contributed by atoms with van der Waals surface area (Å²) in [6, 6.07) is 0.724. The molecule has 2 rings (SSSR count). The maximum atomic E-state index is 5.83. The number of nitrogens with zero attached hydrogens (tertiary/aromatic N) is 3. The van der Waals surface area contributed by atoms with Crippen LogP contribution in [-0.4, -0.2) is 27.8 Å². The van der Waals surface area contributed by atoms with Crippen molar-refractivity contribution in [2.24, 2.45) is 0 Å². The molecule has 1 aliphatic rings. The largest absolute Gasteiger partial charge is 0.285 e. The molecule has 0 aliphatic heterocycles. The van der Waals surface area contributed by atoms with E-state index in [2.05, 4.69) is 17.0 Å². The topological polar surface area (TPSA) is 21.1 Å². The highest BCUT2D eigenvalue weighted by Gasteiger charge is 2.17. The Balaban J connectivity index is 1.88. The van der Waals surface area contributed by atoms with Crippen LogP contribution in [0.2, 0.25) is 5.02 Å². The summed E-state index contributed by atoms with van der Waals surface area (Å²) in [7, 11) is 2.17. The maximum absolute atomic E-state index is 5.83. The van der Waals surface area contributed by atoms with Gasteiger partial charge in [-0.3, -0.25) is 9.58 Å². The molecule has 84 valence electrons. The minimum absolute atomic E-state index is 0.715. The SMILES string of the molecule is CN(Cn1cc(Cl)cn1)C1CCCCC1. The van der Waals surface area contributed by atoms with E-state index < -0.39 is 0 Å². The van der Waals surface area contributed by atoms with Gasteiger partial charge in [-0.15, -0.1) is 0 Å². The standard InChI is InChI=1S/C11H18ClN3/c1-14(11-5-3-2-4-6-11)9-15-8-10(12)7-13-15/h7-8,11H,2-6,9H2,1H3. The van der Waals surface area contributed by atoms with Crippen molar-refractivity contribution in [3.05, 3.63) is 17.4 Å². The molecule has 0 radical (unpaired) electrons. The summed E-state index contributed by atoms with van der Waals surface area (Å²) >= 11 is 5.83. The van der Waals surface area contributed by atoms with Crippen LogP contribution in [0.5, 0.6) is 0 Å². The quantitative estimate of drug-likeness (QED) is 0.792. The minimum Gasteiger partial charge on any atom is -0.285 e. The molecule has 1 saturated carbocycles. The van der Waals surface area contributed by atoms with Gasteiger partial charge in [0, 0.05) is 12.2 Å². The van der Waals surface area contributed by atoms with E-state index in [-0.39, 0.29) is 0 Å². The molecule has 0 aromatic carbocycles. The smallest absolute Gasteiger partial charge is 0.0929 e. The second-order valence-corrected chi connectivity index (χ2v) is 4.82. The molecule has 1 aromatic rings. The molecule has 1 aromatic heterocycles. The Kier molecular flexibility index (Phi) is 3.65. The van der Waals surface area contributed by atoms with Gasteiger partial charge in [0.25, 0.3) is 0 Å². The van der Waals surface area contributed by atoms with E-state index >= 15 is 0 Å². The predicted octanol–water partition coefficient (Wildman–Crippen LogP) is 2.76. The monoisotopic (exact) mass is 227 g/mol. The highest BCUT2D eigenvalue weighted by molar-refractivity contribution is 6.30. The number of hydrogen-bond donors (Lipinski definition) is 0. The van der Waals surface area contributed by atoms with Crippen molar-refractivity contribution in [3.63, 3.8) is 0 Å². The molecule has 0 spiro atoms. The van der Waals surface area contributed by atoms with E-state index in [0.717, 1.165) is 12.7 Å². The van der Waals surface area contributed by atoms with Gasteiger partial charge >= 0.3 is 0 Å². The Labute approximate surface area is 96.0 Å². The van der Waals surface area contributed by atoms with Crippen LogP contribution < -0.4 is 0 Å². The lowest BCUT2D eigenvalue weighted by Gasteiger charge is -2.30. The number of hydrogen-bond acceptors (Lipinski definition) is 2. The molecule has 0 bridgehead atoms. The summed E-state index contributed by atoms with van der Waals surface area (Å²) in [4.78, 5) is 2.38. The van der Waals surface area contributed by atoms with E-state index in [1.54, 1.807) is 6.20 Å². The van der Waals surface area contributed by atoms with Crippen molar-refractivity contribution in [2.75, 3.05) is 7.05 Å². The molecular weight excluding hydrogens is 210 g/mol. The van der Waals surface area contributed by atoms with E-state index in [1.807, 2.05) is 10.9 Å². The molecule has 0 amide bonds. The molecule has 1 aliphatic carbocycles. The van der Waals surface area contributed by atoms with Gasteiger partial charge < -0.3 is 0 Å². The van der Waals surface area contributed by atoms with Gasteiger partial charge in [-0.2, -0.15) is 5.10 Å². The molecule has 0 N–H and O–H groups in total. The zero-order valence-corrected chi connectivity index (χ0v) is 9.95. The van der Waals surface area contributed by atoms with Crippen molar-refractivity contribution in [1.29, 1.82) is 0 Å². The van der Waals surface area contributed by atoms with Crippen molar-refractivity contribution in [3.8, 4) is 0 Å². The Bertz CT molecular complexity index is 305. The summed E-state index contributed by atoms with van der Waals surface area (Å²) in [5.74, 6) is 0. The highest BCUT2D eigenvalue weighted by atomic mass is 35.5. The molecule has 0 saturated heterocycles. The maximum Gasteiger partial charge on any atom is 0.0929 e. The van der Waals surface area contributed by atoms with Crippen molar-refractivity contribution >= 4 is 11.6 Å². The summed E-state index contributed by atoms with van der Waals surface area (Å²) in [6.07, 6.45) is 10.4. The molecular formula is C11H18ClN3. The molecule has 0 atom stereocenters. The normalized spacial score (nSPS) is 18.6. The van der Waals surface area contributed by atoms with Gasteiger partial charge in [0.2, 0.25) is 0 Å². The van der Waals surface area contributed by atoms with Crippen molar-refractivity contribution in [2.45, 2.75) is 44.8 Å². The number of aromatic nitrogens is 2. The van der Waals surface area contributed by atoms with Gasteiger partial charge in [0.15, 0.2) is 0 Å². The first-order valence-electron chi connectivity index (χ1n) is 5.64. The Morgan fingerprint density at radius 2 is 2.20 bits per heavy atom. The molecule has 4 heteroatoms. The second kappa shape index (κ2) is 4.99. The highest BCUT2D eigenvalue weighted by Crippen LogP contribution is 2.21. The number of halogens is 1. The van der Waals surface area contributed by atoms with Crippen molar-refractivity contribution < 1.29 is 0 Å². The third-order valence-corrected chi connectivity index (χ3v) is 3.36. The lowest BCUT2D eigenvalue weighted by atomic mass is 9.95. The van der Waals surface area contributed by atoms with Crippen LogP contribution in [0.1, 0.15) is 32.1 Å². The van der Waals surface area contributed by atoms with Crippen LogP contribution in [0.4, 0.5) is 0 Å². The average Bonchev–Trinajstić information content (AvgIpc) is 2.65. The van der Waals surface area contributed by atoms with E-state index in [4.69, 9.17) is 11.6 Å². The fourth-order valence-corrected chi connectivity index (χ4v) is 2.44. The third kappa shape index (κ3) is 2.95. The zero-order valence-electron chi connectivity index (χ0n) is 9.19. The lowest BCUT2D eigenvalue weighted by Crippen LogP contribution is -2.34. The van der Waals surface area contributed by atoms with Gasteiger partial charge in [0.1, 0.15) is 0 Å². The lowest BCUT2D eigenvalue weighted by molar-refractivity contribution is 0.146.